The third-order valence-electron chi connectivity index (χ3n) is 21.9. The summed E-state index contributed by atoms with van der Waals surface area (Å²) >= 11 is 1.68. The van der Waals surface area contributed by atoms with Gasteiger partial charge in [-0.05, 0) is 116 Å². The van der Waals surface area contributed by atoms with E-state index < -0.39 is 23.9 Å². The number of fused-ring (bicyclic) bond motifs is 4. The van der Waals surface area contributed by atoms with Crippen LogP contribution in [0.4, 0.5) is 22.7 Å². The van der Waals surface area contributed by atoms with E-state index in [1.54, 1.807) is 78.2 Å². The number of amides is 7. The highest BCUT2D eigenvalue weighted by molar-refractivity contribution is 8.02. The van der Waals surface area contributed by atoms with Gasteiger partial charge in [-0.3, -0.25) is 48.4 Å². The van der Waals surface area contributed by atoms with E-state index >= 15 is 0 Å². The second kappa shape index (κ2) is 36.9. The molecule has 7 aliphatic rings. The lowest BCUT2D eigenvalue weighted by molar-refractivity contribution is -0.138. The molecule has 0 radical (unpaired) electrons. The number of likely N-dealkylation sites (tertiary alicyclic amines) is 1. The molecule has 1 aliphatic carbocycles. The van der Waals surface area contributed by atoms with E-state index in [0.717, 1.165) is 54.9 Å². The minimum absolute atomic E-state index is 0.0935. The maximum atomic E-state index is 14.3. The first-order valence-electron chi connectivity index (χ1n) is 39.0. The number of hydrogen-bond acceptors (Lipinski definition) is 16. The Kier molecular flexibility index (Phi) is 27.3. The van der Waals surface area contributed by atoms with Crippen molar-refractivity contribution in [3.8, 4) is 23.0 Å². The molecule has 4 unspecified atom stereocenters. The summed E-state index contributed by atoms with van der Waals surface area (Å²) in [6, 6.07) is 20.3. The number of nitrogens with zero attached hydrogens (tertiary/aromatic N) is 7. The zero-order valence-electron chi connectivity index (χ0n) is 63.9. The molecule has 21 nitrogen and oxygen atoms in total. The molecule has 4 aromatic rings. The minimum atomic E-state index is -0.932. The van der Waals surface area contributed by atoms with Crippen LogP contribution in [0.25, 0.3) is 11.1 Å². The van der Waals surface area contributed by atoms with Crippen LogP contribution in [-0.4, -0.2) is 175 Å². The van der Waals surface area contributed by atoms with Crippen LogP contribution in [0.5, 0.6) is 23.0 Å². The van der Waals surface area contributed by atoms with Gasteiger partial charge in [0.2, 0.25) is 29.5 Å². The molecule has 0 bridgehead atoms. The average Bonchev–Trinajstić information content (AvgIpc) is 1.61. The Labute approximate surface area is 631 Å². The summed E-state index contributed by atoms with van der Waals surface area (Å²) in [5.74, 6) is 0.865. The van der Waals surface area contributed by atoms with Crippen LogP contribution in [0.15, 0.2) is 95.2 Å². The lowest BCUT2D eigenvalue weighted by Crippen LogP contribution is -2.53. The van der Waals surface area contributed by atoms with Crippen LogP contribution in [0.3, 0.4) is 0 Å². The van der Waals surface area contributed by atoms with Crippen molar-refractivity contribution in [3.05, 3.63) is 107 Å². The number of hydrogen-bond donors (Lipinski definition) is 3. The molecule has 0 spiro atoms. The average molecular weight is 1470 g/mol. The molecule has 570 valence electrons. The number of likely N-dealkylation sites (N-methyl/N-ethyl adjacent to an activating group) is 1. The second-order valence-corrected chi connectivity index (χ2v) is 33.0. The van der Waals surface area contributed by atoms with Crippen LogP contribution in [-0.2, 0) is 24.0 Å². The summed E-state index contributed by atoms with van der Waals surface area (Å²) in [4.78, 5) is 115. The lowest BCUT2D eigenvalue weighted by atomic mass is 9.83. The number of carbonyl (C=O) groups is 7. The molecule has 2 saturated heterocycles. The van der Waals surface area contributed by atoms with Crippen molar-refractivity contribution in [2.45, 2.75) is 217 Å². The van der Waals surface area contributed by atoms with Crippen molar-refractivity contribution in [2.75, 3.05) is 77.4 Å². The predicted octanol–water partition coefficient (Wildman–Crippen LogP) is 14.8. The zero-order chi connectivity index (χ0) is 75.0. The molecule has 3 N–H and O–H groups in total. The second-order valence-electron chi connectivity index (χ2n) is 31.1. The van der Waals surface area contributed by atoms with Gasteiger partial charge in [0.25, 0.3) is 11.8 Å². The fourth-order valence-electron chi connectivity index (χ4n) is 15.9. The monoisotopic (exact) mass is 1470 g/mol. The third kappa shape index (κ3) is 20.4. The molecule has 6 aliphatic heterocycles. The number of anilines is 2. The van der Waals surface area contributed by atoms with Crippen molar-refractivity contribution in [1.82, 2.24) is 30.2 Å². The number of thioether (sulfide) groups is 1. The molecular weight excluding hydrogens is 1360 g/mol. The highest BCUT2D eigenvalue weighted by Crippen LogP contribution is 2.45. The molecule has 106 heavy (non-hydrogen) atoms. The zero-order valence-corrected chi connectivity index (χ0v) is 64.7. The lowest BCUT2D eigenvalue weighted by Gasteiger charge is -2.34. The number of methoxy groups -OCH3 is 2. The Hall–Kier alpha value is -8.50. The topological polar surface area (TPSA) is 233 Å². The Balaban J connectivity index is 0.592. The normalized spacial score (nSPS) is 21.7. The Morgan fingerprint density at radius 1 is 0.623 bits per heavy atom. The van der Waals surface area contributed by atoms with Gasteiger partial charge >= 0.3 is 0 Å². The number of ether oxygens (including phenoxy) is 4. The molecule has 4 aromatic carbocycles. The number of aliphatic imine (C=N–C) groups is 2. The number of nitrogens with one attached hydrogen (secondary N) is 3. The summed E-state index contributed by atoms with van der Waals surface area (Å²) in [6.07, 6.45) is 29.3. The van der Waals surface area contributed by atoms with E-state index in [1.165, 1.54) is 101 Å². The Morgan fingerprint density at radius 2 is 1.16 bits per heavy atom. The van der Waals surface area contributed by atoms with Crippen LogP contribution >= 0.6 is 11.8 Å². The van der Waals surface area contributed by atoms with E-state index in [0.29, 0.717) is 108 Å². The van der Waals surface area contributed by atoms with Gasteiger partial charge in [0.15, 0.2) is 23.0 Å². The molecule has 7 amide bonds. The maximum absolute atomic E-state index is 14.3. The van der Waals surface area contributed by atoms with Gasteiger partial charge in [0.1, 0.15) is 12.1 Å². The fourth-order valence-corrected chi connectivity index (χ4v) is 17.4. The Bertz CT molecular complexity index is 3900. The van der Waals surface area contributed by atoms with E-state index in [-0.39, 0.29) is 83.6 Å². The molecule has 3 fully saturated rings. The first-order chi connectivity index (χ1) is 51.1. The largest absolute Gasteiger partial charge is 0.493 e. The van der Waals surface area contributed by atoms with Gasteiger partial charge in [-0.15, -0.1) is 11.8 Å². The molecule has 1 saturated carbocycles. The van der Waals surface area contributed by atoms with Gasteiger partial charge in [-0.2, -0.15) is 0 Å². The number of rotatable bonds is 27. The van der Waals surface area contributed by atoms with Crippen molar-refractivity contribution in [1.29, 1.82) is 0 Å². The quantitative estimate of drug-likeness (QED) is 0.0372. The molecule has 6 heterocycles. The first kappa shape index (κ1) is 78.6. The fraction of sp³-hybridized carbons (Fsp3) is 0.560. The summed E-state index contributed by atoms with van der Waals surface area (Å²) in [7, 11) is 5.22. The summed E-state index contributed by atoms with van der Waals surface area (Å²) in [5, 5.41) is 8.18. The number of carbonyl (C=O) groups excluding carboxylic acids is 7. The van der Waals surface area contributed by atoms with Crippen LogP contribution in [0, 0.1) is 17.8 Å². The number of benzene rings is 4. The van der Waals surface area contributed by atoms with Gasteiger partial charge < -0.3 is 54.5 Å². The molecule has 11 rings (SSSR count). The van der Waals surface area contributed by atoms with Gasteiger partial charge in [-0.1, -0.05) is 142 Å². The number of imide groups is 1. The van der Waals surface area contributed by atoms with E-state index in [2.05, 4.69) is 77.8 Å². The van der Waals surface area contributed by atoms with Gasteiger partial charge in [-0.25, -0.2) is 0 Å². The molecule has 7 atom stereocenters. The Morgan fingerprint density at radius 3 is 1.71 bits per heavy atom. The molecular formula is C84H112N10O11S. The molecule has 22 heteroatoms. The predicted molar refractivity (Wildman–Crippen MR) is 421 cm³/mol. The number of piperazine rings is 1. The highest BCUT2D eigenvalue weighted by Gasteiger charge is 2.43. The summed E-state index contributed by atoms with van der Waals surface area (Å²) < 4.78 is 23.8. The first-order valence-corrected chi connectivity index (χ1v) is 39.9. The van der Waals surface area contributed by atoms with Crippen LogP contribution in [0.2, 0.25) is 0 Å². The van der Waals surface area contributed by atoms with E-state index in [4.69, 9.17) is 28.9 Å². The van der Waals surface area contributed by atoms with Crippen LogP contribution < -0.4 is 39.8 Å². The SMILES string of the molecule is COc1cc2c(cc1OCCCOc1cc3c(cc1OC)C(=O)N1C=C(c4ccc(NC(=O)[C@H](C)NC(=O)[C@@H](NC(=O)CCCCCN5C(=O)CC(SC(C)(C)CC6CCCCCCCCCCCCC(C)C6)C5=O)C(C)C)cc4)C[C@H]1C=N3)N=CC1CC(c3ccc(N4CCN(C)CC4)cc3)=CN1C2=O. The van der Waals surface area contributed by atoms with Crippen molar-refractivity contribution < 1.29 is 52.5 Å². The van der Waals surface area contributed by atoms with Crippen molar-refractivity contribution >= 4 is 99.4 Å². The summed E-state index contributed by atoms with van der Waals surface area (Å²) in [6.45, 7) is 17.1. The number of unbranched alkanes of at least 4 members (excludes halogenated alkanes) is 2. The maximum Gasteiger partial charge on any atom is 0.260 e. The van der Waals surface area contributed by atoms with Gasteiger partial charge in [0.05, 0.1) is 67.3 Å². The van der Waals surface area contributed by atoms with Gasteiger partial charge in [0, 0.05) is 118 Å². The minimum Gasteiger partial charge on any atom is -0.493 e. The summed E-state index contributed by atoms with van der Waals surface area (Å²) in [5.41, 5.74) is 7.36. The van der Waals surface area contributed by atoms with Crippen molar-refractivity contribution in [3.63, 3.8) is 0 Å². The van der Waals surface area contributed by atoms with E-state index in [1.807, 2.05) is 44.6 Å². The highest BCUT2D eigenvalue weighted by atomic mass is 32.2. The third-order valence-corrected chi connectivity index (χ3v) is 23.4. The smallest absolute Gasteiger partial charge is 0.260 e. The standard InChI is InChI=1S/C84H112N10O11S/c1-55(2)78(89-76(95)26-21-18-22-35-92-77(96)49-75(83(92)101)106-84(5,6)50-58-25-20-17-15-13-11-10-12-14-16-19-24-56(3)42-58)80(98)87-57(4)79(97)88-63-31-27-59(28-32-63)61-43-65-51-85-69-47-73(71(102-8)45-67(69)81(99)93(65)53-61)104-40-23-41-105-74-48-70-68(46-72(74)103-9)82(100)94-54-62(44-66(94)52-86-70)60-29-33-64(34-30-60)91-38-36-90(7)37-39-91/h27-34,45-48,51-58,65-66,75,78H,10-26,35-44,49-50H2,1-9H3,(H,87,98)(H,88,97)(H,89,95)/t56?,57-,58?,65-,66?,75?,78-/m0/s1. The van der Waals surface area contributed by atoms with E-state index in [9.17, 15) is 33.6 Å². The van der Waals surface area contributed by atoms with Crippen molar-refractivity contribution in [2.24, 2.45) is 27.7 Å². The van der Waals surface area contributed by atoms with Crippen LogP contribution in [0.1, 0.15) is 215 Å². The molecule has 0 aromatic heterocycles.